The van der Waals surface area contributed by atoms with Crippen LogP contribution in [0.1, 0.15) is 36.4 Å². The van der Waals surface area contributed by atoms with E-state index in [1.54, 1.807) is 0 Å². The van der Waals surface area contributed by atoms with E-state index in [0.717, 1.165) is 71.1 Å². The Morgan fingerprint density at radius 3 is 2.55 bits per heavy atom. The molecule has 0 spiro atoms. The lowest BCUT2D eigenvalue weighted by molar-refractivity contribution is 0.000184. The van der Waals surface area contributed by atoms with Gasteiger partial charge in [0.05, 0.1) is 13.2 Å². The molecule has 0 aromatic carbocycles. The zero-order chi connectivity index (χ0) is 18.2. The minimum absolute atomic E-state index is 0. The number of piperidine rings is 2. The molecule has 3 fully saturated rings. The molecule has 4 aliphatic heterocycles. The normalized spacial score (nSPS) is 28.1. The van der Waals surface area contributed by atoms with Gasteiger partial charge in [0.2, 0.25) is 0 Å². The summed E-state index contributed by atoms with van der Waals surface area (Å²) in [6.07, 6.45) is 3.66. The lowest BCUT2D eigenvalue weighted by atomic mass is 9.84. The van der Waals surface area contributed by atoms with Gasteiger partial charge in [0.15, 0.2) is 0 Å². The highest BCUT2D eigenvalue weighted by Crippen LogP contribution is 2.31. The molecule has 5 heterocycles. The Balaban J connectivity index is 0.00000120. The molecule has 5 rings (SSSR count). The summed E-state index contributed by atoms with van der Waals surface area (Å²) in [4.78, 5) is 18.2. The van der Waals surface area contributed by atoms with Crippen LogP contribution in [-0.2, 0) is 17.8 Å². The number of ether oxygens (including phenoxy) is 1. The zero-order valence-corrected chi connectivity index (χ0v) is 18.7. The molecule has 6 nitrogen and oxygen atoms in total. The second kappa shape index (κ2) is 10.1. The Labute approximate surface area is 185 Å². The van der Waals surface area contributed by atoms with E-state index in [9.17, 15) is 4.79 Å². The Morgan fingerprint density at radius 1 is 1.03 bits per heavy atom. The van der Waals surface area contributed by atoms with E-state index in [2.05, 4.69) is 31.8 Å². The van der Waals surface area contributed by atoms with Crippen LogP contribution in [0, 0.1) is 5.92 Å². The van der Waals surface area contributed by atoms with Gasteiger partial charge >= 0.3 is 0 Å². The summed E-state index contributed by atoms with van der Waals surface area (Å²) in [5.41, 5.74) is 2.49. The minimum atomic E-state index is 0. The number of likely N-dealkylation sites (tertiary alicyclic amines) is 1. The van der Waals surface area contributed by atoms with Crippen molar-refractivity contribution >= 4 is 24.8 Å². The molecule has 29 heavy (non-hydrogen) atoms. The number of morpholine rings is 1. The molecule has 0 radical (unpaired) electrons. The van der Waals surface area contributed by atoms with Crippen molar-refractivity contribution in [3.05, 3.63) is 33.7 Å². The summed E-state index contributed by atoms with van der Waals surface area (Å²) in [6, 6.07) is 5.03. The lowest BCUT2D eigenvalue weighted by Gasteiger charge is -2.40. The Morgan fingerprint density at radius 2 is 1.79 bits per heavy atom. The first-order valence-corrected chi connectivity index (χ1v) is 10.8. The number of nitrogens with zero attached hydrogens (tertiary/aromatic N) is 3. The number of aromatic nitrogens is 1. The monoisotopic (exact) mass is 444 g/mol. The minimum Gasteiger partial charge on any atom is -0.379 e. The number of halogens is 2. The van der Waals surface area contributed by atoms with Gasteiger partial charge in [-0.25, -0.2) is 0 Å². The van der Waals surface area contributed by atoms with Crippen LogP contribution in [0.2, 0.25) is 0 Å². The van der Waals surface area contributed by atoms with Gasteiger partial charge in [-0.2, -0.15) is 0 Å². The van der Waals surface area contributed by atoms with E-state index in [0.29, 0.717) is 17.9 Å². The van der Waals surface area contributed by atoms with Crippen LogP contribution in [0.3, 0.4) is 0 Å². The van der Waals surface area contributed by atoms with E-state index < -0.39 is 0 Å². The van der Waals surface area contributed by atoms with Crippen LogP contribution in [-0.4, -0.2) is 72.9 Å². The van der Waals surface area contributed by atoms with E-state index in [1.807, 2.05) is 0 Å². The van der Waals surface area contributed by atoms with Gasteiger partial charge in [-0.3, -0.25) is 14.6 Å². The Hall–Kier alpha value is -0.630. The van der Waals surface area contributed by atoms with Crippen LogP contribution in [0.25, 0.3) is 0 Å². The molecule has 164 valence electrons. The van der Waals surface area contributed by atoms with Crippen molar-refractivity contribution in [2.24, 2.45) is 5.92 Å². The quantitative estimate of drug-likeness (QED) is 0.768. The Bertz CT molecular complexity index is 730. The smallest absolute Gasteiger partial charge is 0.255 e. The number of hydrogen-bond acceptors (Lipinski definition) is 5. The second-order valence-corrected chi connectivity index (χ2v) is 8.81. The third-order valence-electron chi connectivity index (χ3n) is 7.10. The fraction of sp³-hybridized carbons (Fsp3) is 0.762. The highest BCUT2D eigenvalue weighted by molar-refractivity contribution is 5.85. The van der Waals surface area contributed by atoms with Crippen LogP contribution in [0.5, 0.6) is 0 Å². The van der Waals surface area contributed by atoms with E-state index in [-0.39, 0.29) is 30.4 Å². The molecule has 4 aliphatic rings. The maximum atomic E-state index is 13.1. The summed E-state index contributed by atoms with van der Waals surface area (Å²) in [5.74, 6) is 1.14. The molecule has 1 aromatic heterocycles. The first kappa shape index (κ1) is 23.0. The van der Waals surface area contributed by atoms with Crippen molar-refractivity contribution in [1.29, 1.82) is 0 Å². The summed E-state index contributed by atoms with van der Waals surface area (Å²) in [6.45, 7) is 9.88. The van der Waals surface area contributed by atoms with Crippen molar-refractivity contribution in [1.82, 2.24) is 19.7 Å². The first-order valence-electron chi connectivity index (χ1n) is 10.8. The summed E-state index contributed by atoms with van der Waals surface area (Å²) >= 11 is 0. The predicted molar refractivity (Wildman–Crippen MR) is 120 cm³/mol. The number of pyridine rings is 1. The average Bonchev–Trinajstić information content (AvgIpc) is 2.72. The van der Waals surface area contributed by atoms with Gasteiger partial charge < -0.3 is 14.6 Å². The largest absolute Gasteiger partial charge is 0.379 e. The molecule has 0 amide bonds. The van der Waals surface area contributed by atoms with Gasteiger partial charge in [-0.05, 0) is 50.9 Å². The number of nitrogens with one attached hydrogen (secondary N) is 1. The highest BCUT2D eigenvalue weighted by Gasteiger charge is 2.32. The molecular weight excluding hydrogens is 411 g/mol. The molecule has 1 N–H and O–H groups in total. The van der Waals surface area contributed by atoms with Crippen molar-refractivity contribution in [2.75, 3.05) is 52.5 Å². The number of hydrogen-bond donors (Lipinski definition) is 1. The van der Waals surface area contributed by atoms with Gasteiger partial charge in [0, 0.05) is 55.9 Å². The van der Waals surface area contributed by atoms with Crippen LogP contribution in [0.4, 0.5) is 0 Å². The van der Waals surface area contributed by atoms with Gasteiger partial charge in [-0.1, -0.05) is 6.07 Å². The van der Waals surface area contributed by atoms with Crippen molar-refractivity contribution in [3.63, 3.8) is 0 Å². The van der Waals surface area contributed by atoms with Crippen LogP contribution >= 0.6 is 24.8 Å². The van der Waals surface area contributed by atoms with Crippen molar-refractivity contribution in [3.8, 4) is 0 Å². The summed E-state index contributed by atoms with van der Waals surface area (Å²) in [7, 11) is 0. The highest BCUT2D eigenvalue weighted by atomic mass is 35.5. The van der Waals surface area contributed by atoms with Crippen LogP contribution < -0.4 is 10.9 Å². The molecule has 2 atom stereocenters. The maximum absolute atomic E-state index is 13.1. The fourth-order valence-corrected chi connectivity index (χ4v) is 5.58. The first-order chi connectivity index (χ1) is 13.3. The molecule has 0 unspecified atom stereocenters. The molecule has 0 aliphatic carbocycles. The third-order valence-corrected chi connectivity index (χ3v) is 7.10. The zero-order valence-electron chi connectivity index (χ0n) is 17.1. The molecule has 8 heteroatoms. The van der Waals surface area contributed by atoms with Gasteiger partial charge in [-0.15, -0.1) is 24.8 Å². The number of rotatable bonds is 3. The van der Waals surface area contributed by atoms with Gasteiger partial charge in [0.25, 0.3) is 5.56 Å². The maximum Gasteiger partial charge on any atom is 0.255 e. The van der Waals surface area contributed by atoms with Crippen molar-refractivity contribution in [2.45, 2.75) is 44.3 Å². The summed E-state index contributed by atoms with van der Waals surface area (Å²) < 4.78 is 7.58. The topological polar surface area (TPSA) is 49.7 Å². The Kier molecular flexibility index (Phi) is 8.04. The molecule has 1 aromatic rings. The lowest BCUT2D eigenvalue weighted by Crippen LogP contribution is -2.49. The van der Waals surface area contributed by atoms with E-state index >= 15 is 0 Å². The van der Waals surface area contributed by atoms with E-state index in [4.69, 9.17) is 4.74 Å². The molecule has 3 saturated heterocycles. The fourth-order valence-electron chi connectivity index (χ4n) is 5.58. The average molecular weight is 445 g/mol. The third kappa shape index (κ3) is 4.83. The summed E-state index contributed by atoms with van der Waals surface area (Å²) in [5, 5.41) is 3.52. The predicted octanol–water partition coefficient (Wildman–Crippen LogP) is 1.70. The molecular formula is C21H34Cl2N4O2. The molecule has 2 bridgehead atoms. The number of fused-ring (bicyclic) bond motifs is 4. The SMILES string of the molecule is Cl.Cl.O=c1c(CN2CCC(N3CCOCC3)CC2)ccc2n1C[C@@H]1CNC[C@H]2C1. The van der Waals surface area contributed by atoms with Crippen LogP contribution in [0.15, 0.2) is 16.9 Å². The van der Waals surface area contributed by atoms with Crippen molar-refractivity contribution < 1.29 is 4.74 Å². The van der Waals surface area contributed by atoms with Gasteiger partial charge in [0.1, 0.15) is 0 Å². The van der Waals surface area contributed by atoms with E-state index in [1.165, 1.54) is 25.0 Å². The molecule has 0 saturated carbocycles. The standard InChI is InChI=1S/C21H32N4O2.2ClH/c26-21-17(1-2-20-18-11-16(12-22-13-18)14-25(20)21)15-23-5-3-19(4-6-23)24-7-9-27-10-8-24;;/h1-2,16,18-19,22H,3-15H2;2*1H/t16-,18+;;/m0../s1. The second-order valence-electron chi connectivity index (χ2n) is 8.81.